The highest BCUT2D eigenvalue weighted by Gasteiger charge is 2.10. The molecule has 0 heterocycles. The Morgan fingerprint density at radius 2 is 1.93 bits per heavy atom. The number of ether oxygens (including phenoxy) is 3. The lowest BCUT2D eigenvalue weighted by Crippen LogP contribution is -2.14. The van der Waals surface area contributed by atoms with E-state index in [0.717, 1.165) is 0 Å². The number of carbonyl (C=O) groups is 1. The van der Waals surface area contributed by atoms with E-state index in [1.54, 1.807) is 36.4 Å². The summed E-state index contributed by atoms with van der Waals surface area (Å²) in [6, 6.07) is 12.1. The van der Waals surface area contributed by atoms with Crippen LogP contribution in [0.2, 0.25) is 5.02 Å². The predicted octanol–water partition coefficient (Wildman–Crippen LogP) is 4.42. The van der Waals surface area contributed by atoms with Gasteiger partial charge < -0.3 is 19.5 Å². The van der Waals surface area contributed by atoms with Crippen molar-refractivity contribution in [2.24, 2.45) is 0 Å². The SMILES string of the molecule is CCOc1ccc(Cl)cc1NC(=O)CCCOc1ccc(C#N)cc1OC. The maximum atomic E-state index is 12.2. The van der Waals surface area contributed by atoms with Crippen molar-refractivity contribution in [3.8, 4) is 23.3 Å². The standard InChI is InChI=1S/C20H21ClN2O4/c1-3-26-17-9-7-15(21)12-16(17)23-20(24)5-4-10-27-18-8-6-14(13-22)11-19(18)25-2/h6-9,11-12H,3-5,10H2,1-2H3,(H,23,24). The number of anilines is 1. The van der Waals surface area contributed by atoms with E-state index in [1.165, 1.54) is 7.11 Å². The van der Waals surface area contributed by atoms with E-state index in [-0.39, 0.29) is 12.3 Å². The van der Waals surface area contributed by atoms with Crippen LogP contribution in [0.15, 0.2) is 36.4 Å². The lowest BCUT2D eigenvalue weighted by atomic mass is 10.2. The summed E-state index contributed by atoms with van der Waals surface area (Å²) in [6.07, 6.45) is 0.788. The number of halogens is 1. The van der Waals surface area contributed by atoms with E-state index < -0.39 is 0 Å². The van der Waals surface area contributed by atoms with Crippen LogP contribution in [0.25, 0.3) is 0 Å². The quantitative estimate of drug-likeness (QED) is 0.643. The van der Waals surface area contributed by atoms with E-state index in [0.29, 0.717) is 53.2 Å². The first-order valence-electron chi connectivity index (χ1n) is 8.50. The number of hydrogen-bond donors (Lipinski definition) is 1. The second kappa shape index (κ2) is 10.3. The van der Waals surface area contributed by atoms with Crippen LogP contribution in [0.4, 0.5) is 5.69 Å². The zero-order chi connectivity index (χ0) is 19.6. The van der Waals surface area contributed by atoms with Gasteiger partial charge >= 0.3 is 0 Å². The molecule has 0 saturated heterocycles. The second-order valence-electron chi connectivity index (χ2n) is 5.55. The van der Waals surface area contributed by atoms with Crippen molar-refractivity contribution in [3.05, 3.63) is 47.0 Å². The minimum Gasteiger partial charge on any atom is -0.493 e. The van der Waals surface area contributed by atoms with Crippen LogP contribution in [0, 0.1) is 11.3 Å². The first-order chi connectivity index (χ1) is 13.1. The smallest absolute Gasteiger partial charge is 0.224 e. The molecule has 0 saturated carbocycles. The van der Waals surface area contributed by atoms with E-state index in [1.807, 2.05) is 13.0 Å². The summed E-state index contributed by atoms with van der Waals surface area (Å²) in [4.78, 5) is 12.2. The van der Waals surface area contributed by atoms with Gasteiger partial charge in [0.05, 0.1) is 37.6 Å². The summed E-state index contributed by atoms with van der Waals surface area (Å²) >= 11 is 5.99. The molecule has 7 heteroatoms. The van der Waals surface area contributed by atoms with Crippen molar-refractivity contribution in [1.29, 1.82) is 5.26 Å². The van der Waals surface area contributed by atoms with Gasteiger partial charge in [0, 0.05) is 17.5 Å². The fraction of sp³-hybridized carbons (Fsp3) is 0.300. The van der Waals surface area contributed by atoms with Gasteiger partial charge in [0.15, 0.2) is 11.5 Å². The molecular weight excluding hydrogens is 368 g/mol. The molecule has 2 aromatic rings. The molecule has 27 heavy (non-hydrogen) atoms. The summed E-state index contributed by atoms with van der Waals surface area (Å²) in [6.45, 7) is 2.70. The molecule has 142 valence electrons. The third-order valence-corrected chi connectivity index (χ3v) is 3.85. The number of carbonyl (C=O) groups excluding carboxylic acids is 1. The van der Waals surface area contributed by atoms with Crippen LogP contribution in [0.5, 0.6) is 17.2 Å². The van der Waals surface area contributed by atoms with E-state index in [9.17, 15) is 4.79 Å². The molecule has 0 unspecified atom stereocenters. The Kier molecular flexibility index (Phi) is 7.78. The van der Waals surface area contributed by atoms with Gasteiger partial charge in [-0.2, -0.15) is 5.26 Å². The summed E-state index contributed by atoms with van der Waals surface area (Å²) in [7, 11) is 1.51. The molecular formula is C20H21ClN2O4. The predicted molar refractivity (Wildman–Crippen MR) is 104 cm³/mol. The fourth-order valence-electron chi connectivity index (χ4n) is 2.37. The molecule has 0 aliphatic rings. The molecule has 0 aliphatic carbocycles. The topological polar surface area (TPSA) is 80.6 Å². The maximum Gasteiger partial charge on any atom is 0.224 e. The molecule has 0 atom stereocenters. The van der Waals surface area contributed by atoms with Crippen LogP contribution in [-0.4, -0.2) is 26.2 Å². The Hall–Kier alpha value is -2.91. The minimum atomic E-state index is -0.159. The van der Waals surface area contributed by atoms with Crippen molar-refractivity contribution >= 4 is 23.2 Å². The van der Waals surface area contributed by atoms with Gasteiger partial charge in [-0.05, 0) is 43.7 Å². The molecule has 0 aromatic heterocycles. The van der Waals surface area contributed by atoms with E-state index in [2.05, 4.69) is 5.32 Å². The average molecular weight is 389 g/mol. The van der Waals surface area contributed by atoms with Crippen LogP contribution in [-0.2, 0) is 4.79 Å². The molecule has 2 aromatic carbocycles. The Bertz CT molecular complexity index is 833. The summed E-state index contributed by atoms with van der Waals surface area (Å²) in [5.41, 5.74) is 1.04. The van der Waals surface area contributed by atoms with Crippen molar-refractivity contribution in [2.45, 2.75) is 19.8 Å². The Morgan fingerprint density at radius 1 is 1.15 bits per heavy atom. The lowest BCUT2D eigenvalue weighted by Gasteiger charge is -2.13. The largest absolute Gasteiger partial charge is 0.493 e. The lowest BCUT2D eigenvalue weighted by molar-refractivity contribution is -0.116. The molecule has 0 radical (unpaired) electrons. The number of nitriles is 1. The van der Waals surface area contributed by atoms with Gasteiger partial charge in [0.1, 0.15) is 5.75 Å². The molecule has 1 N–H and O–H groups in total. The van der Waals surface area contributed by atoms with Gasteiger partial charge in [-0.1, -0.05) is 11.6 Å². The van der Waals surface area contributed by atoms with Crippen LogP contribution >= 0.6 is 11.6 Å². The number of amides is 1. The van der Waals surface area contributed by atoms with E-state index in [4.69, 9.17) is 31.1 Å². The van der Waals surface area contributed by atoms with Crippen LogP contribution in [0.3, 0.4) is 0 Å². The molecule has 0 aliphatic heterocycles. The minimum absolute atomic E-state index is 0.159. The number of benzene rings is 2. The molecule has 6 nitrogen and oxygen atoms in total. The van der Waals surface area contributed by atoms with Crippen molar-refractivity contribution < 1.29 is 19.0 Å². The Balaban J connectivity index is 1.85. The Morgan fingerprint density at radius 3 is 2.63 bits per heavy atom. The summed E-state index contributed by atoms with van der Waals surface area (Å²) < 4.78 is 16.3. The Labute approximate surface area is 163 Å². The van der Waals surface area contributed by atoms with Crippen molar-refractivity contribution in [2.75, 3.05) is 25.6 Å². The first kappa shape index (κ1) is 20.4. The number of methoxy groups -OCH3 is 1. The third-order valence-electron chi connectivity index (χ3n) is 3.61. The molecule has 2 rings (SSSR count). The van der Waals surface area contributed by atoms with Gasteiger partial charge in [0.2, 0.25) is 5.91 Å². The highest BCUT2D eigenvalue weighted by atomic mass is 35.5. The summed E-state index contributed by atoms with van der Waals surface area (Å²) in [5, 5.41) is 12.2. The second-order valence-corrected chi connectivity index (χ2v) is 5.99. The molecule has 0 spiro atoms. The van der Waals surface area contributed by atoms with Gasteiger partial charge in [-0.25, -0.2) is 0 Å². The van der Waals surface area contributed by atoms with Crippen molar-refractivity contribution in [3.63, 3.8) is 0 Å². The highest BCUT2D eigenvalue weighted by Crippen LogP contribution is 2.29. The average Bonchev–Trinajstić information content (AvgIpc) is 2.67. The third kappa shape index (κ3) is 6.08. The maximum absolute atomic E-state index is 12.2. The number of nitrogens with zero attached hydrogens (tertiary/aromatic N) is 1. The number of nitrogens with one attached hydrogen (secondary N) is 1. The van der Waals surface area contributed by atoms with Crippen LogP contribution < -0.4 is 19.5 Å². The van der Waals surface area contributed by atoms with Crippen molar-refractivity contribution in [1.82, 2.24) is 0 Å². The van der Waals surface area contributed by atoms with Gasteiger partial charge in [-0.3, -0.25) is 4.79 Å². The summed E-state index contributed by atoms with van der Waals surface area (Å²) in [5.74, 6) is 1.44. The van der Waals surface area contributed by atoms with Gasteiger partial charge in [-0.15, -0.1) is 0 Å². The number of rotatable bonds is 9. The zero-order valence-corrected chi connectivity index (χ0v) is 16.0. The normalized spacial score (nSPS) is 10.0. The molecule has 0 fully saturated rings. The fourth-order valence-corrected chi connectivity index (χ4v) is 2.54. The molecule has 1 amide bonds. The number of hydrogen-bond acceptors (Lipinski definition) is 5. The molecule has 0 bridgehead atoms. The zero-order valence-electron chi connectivity index (χ0n) is 15.3. The monoisotopic (exact) mass is 388 g/mol. The highest BCUT2D eigenvalue weighted by molar-refractivity contribution is 6.31. The van der Waals surface area contributed by atoms with Crippen LogP contribution in [0.1, 0.15) is 25.3 Å². The van der Waals surface area contributed by atoms with Gasteiger partial charge in [0.25, 0.3) is 0 Å². The first-order valence-corrected chi connectivity index (χ1v) is 8.88. The van der Waals surface area contributed by atoms with E-state index >= 15 is 0 Å².